The lowest BCUT2D eigenvalue weighted by atomic mass is 10.1. The lowest BCUT2D eigenvalue weighted by molar-refractivity contribution is 0.0507. The number of hydrogen-bond acceptors (Lipinski definition) is 3. The van der Waals surface area contributed by atoms with Crippen molar-refractivity contribution in [3.8, 4) is 0 Å². The van der Waals surface area contributed by atoms with Gasteiger partial charge < -0.3 is 20.1 Å². The van der Waals surface area contributed by atoms with Crippen LogP contribution < -0.4 is 5.32 Å². The van der Waals surface area contributed by atoms with Crippen LogP contribution in [0, 0.1) is 0 Å². The first-order valence-electron chi connectivity index (χ1n) is 5.60. The van der Waals surface area contributed by atoms with Crippen LogP contribution >= 0.6 is 0 Å². The maximum Gasteiger partial charge on any atom is 0.408 e. The zero-order valence-electron chi connectivity index (χ0n) is 10.9. The van der Waals surface area contributed by atoms with Crippen molar-refractivity contribution in [2.75, 3.05) is 0 Å². The molecule has 0 aliphatic heterocycles. The van der Waals surface area contributed by atoms with Gasteiger partial charge in [-0.3, -0.25) is 0 Å². The quantitative estimate of drug-likeness (QED) is 0.771. The van der Waals surface area contributed by atoms with Gasteiger partial charge in [0.25, 0.3) is 0 Å². The van der Waals surface area contributed by atoms with Gasteiger partial charge in [-0.2, -0.15) is 0 Å². The zero-order chi connectivity index (χ0) is 13.9. The number of carbonyl (C=O) groups excluding carboxylic acids is 1. The topological polar surface area (TPSA) is 91.4 Å². The molecule has 0 spiro atoms. The molecule has 6 heteroatoms. The van der Waals surface area contributed by atoms with E-state index in [-0.39, 0.29) is 11.7 Å². The minimum atomic E-state index is -1.04. The van der Waals surface area contributed by atoms with Gasteiger partial charge in [-0.1, -0.05) is 0 Å². The molecular weight excluding hydrogens is 236 g/mol. The molecule has 1 amide bonds. The Bertz CT molecular complexity index is 445. The van der Waals surface area contributed by atoms with E-state index in [0.29, 0.717) is 5.56 Å². The summed E-state index contributed by atoms with van der Waals surface area (Å²) in [5, 5.41) is 11.4. The van der Waals surface area contributed by atoms with Gasteiger partial charge in [-0.25, -0.2) is 9.59 Å². The van der Waals surface area contributed by atoms with Gasteiger partial charge in [-0.05, 0) is 39.3 Å². The average Bonchev–Trinajstić information content (AvgIpc) is 2.62. The van der Waals surface area contributed by atoms with Gasteiger partial charge in [0.05, 0.1) is 6.04 Å². The minimum absolute atomic E-state index is 0.0860. The predicted molar refractivity (Wildman–Crippen MR) is 65.5 cm³/mol. The third-order valence-corrected chi connectivity index (χ3v) is 2.17. The molecule has 0 saturated carbocycles. The molecule has 0 aliphatic rings. The Morgan fingerprint density at radius 2 is 2.06 bits per heavy atom. The van der Waals surface area contributed by atoms with Gasteiger partial charge in [0, 0.05) is 6.20 Å². The molecule has 3 N–H and O–H groups in total. The molecule has 100 valence electrons. The van der Waals surface area contributed by atoms with Crippen molar-refractivity contribution >= 4 is 12.1 Å². The van der Waals surface area contributed by atoms with Crippen molar-refractivity contribution < 1.29 is 19.4 Å². The third-order valence-electron chi connectivity index (χ3n) is 2.17. The number of hydrogen-bond donors (Lipinski definition) is 3. The highest BCUT2D eigenvalue weighted by Gasteiger charge is 2.19. The SMILES string of the molecule is CC(NC(=O)OC(C)(C)C)c1c[nH]c(C(=O)O)c1. The van der Waals surface area contributed by atoms with Crippen molar-refractivity contribution in [3.05, 3.63) is 23.5 Å². The number of aromatic nitrogens is 1. The minimum Gasteiger partial charge on any atom is -0.477 e. The fraction of sp³-hybridized carbons (Fsp3) is 0.500. The van der Waals surface area contributed by atoms with E-state index in [9.17, 15) is 9.59 Å². The molecule has 1 rings (SSSR count). The second kappa shape index (κ2) is 5.12. The Morgan fingerprint density at radius 1 is 1.44 bits per heavy atom. The molecule has 1 aromatic rings. The van der Waals surface area contributed by atoms with Crippen molar-refractivity contribution in [2.45, 2.75) is 39.3 Å². The van der Waals surface area contributed by atoms with Crippen LogP contribution in [0.2, 0.25) is 0 Å². The maximum absolute atomic E-state index is 11.5. The van der Waals surface area contributed by atoms with Crippen LogP contribution in [0.4, 0.5) is 4.79 Å². The summed E-state index contributed by atoms with van der Waals surface area (Å²) in [6.45, 7) is 7.07. The van der Waals surface area contributed by atoms with Crippen LogP contribution in [0.5, 0.6) is 0 Å². The smallest absolute Gasteiger partial charge is 0.408 e. The van der Waals surface area contributed by atoms with Crippen molar-refractivity contribution in [1.82, 2.24) is 10.3 Å². The Balaban J connectivity index is 2.62. The Morgan fingerprint density at radius 3 is 2.50 bits per heavy atom. The summed E-state index contributed by atoms with van der Waals surface area (Å²) >= 11 is 0. The first-order chi connectivity index (χ1) is 8.19. The van der Waals surface area contributed by atoms with E-state index in [1.165, 1.54) is 6.07 Å². The number of nitrogens with one attached hydrogen (secondary N) is 2. The maximum atomic E-state index is 11.5. The van der Waals surface area contributed by atoms with Gasteiger partial charge in [0.1, 0.15) is 11.3 Å². The number of H-pyrrole nitrogens is 1. The summed E-state index contributed by atoms with van der Waals surface area (Å²) in [7, 11) is 0. The molecule has 18 heavy (non-hydrogen) atoms. The Kier molecular flexibility index (Phi) is 4.00. The summed E-state index contributed by atoms with van der Waals surface area (Å²) in [5.41, 5.74) is 0.204. The standard InChI is InChI=1S/C12H18N2O4/c1-7(14-11(17)18-12(2,3)4)8-5-9(10(15)16)13-6-8/h5-7,13H,1-4H3,(H,14,17)(H,15,16). The lowest BCUT2D eigenvalue weighted by Gasteiger charge is -2.21. The van der Waals surface area contributed by atoms with E-state index >= 15 is 0 Å². The summed E-state index contributed by atoms with van der Waals surface area (Å²) in [5.74, 6) is -1.04. The molecular formula is C12H18N2O4. The normalized spacial score (nSPS) is 12.9. The Hall–Kier alpha value is -1.98. The van der Waals surface area contributed by atoms with Gasteiger partial charge >= 0.3 is 12.1 Å². The van der Waals surface area contributed by atoms with E-state index < -0.39 is 17.7 Å². The van der Waals surface area contributed by atoms with Gasteiger partial charge in [-0.15, -0.1) is 0 Å². The number of alkyl carbamates (subject to hydrolysis) is 1. The highest BCUT2D eigenvalue weighted by Crippen LogP contribution is 2.15. The monoisotopic (exact) mass is 254 g/mol. The molecule has 1 unspecified atom stereocenters. The summed E-state index contributed by atoms with van der Waals surface area (Å²) < 4.78 is 5.11. The molecule has 1 aromatic heterocycles. The van der Waals surface area contributed by atoms with Gasteiger partial charge in [0.15, 0.2) is 0 Å². The number of amides is 1. The van der Waals surface area contributed by atoms with Crippen LogP contribution in [-0.2, 0) is 4.74 Å². The van der Waals surface area contributed by atoms with E-state index in [1.54, 1.807) is 33.9 Å². The zero-order valence-corrected chi connectivity index (χ0v) is 10.9. The number of carboxylic acid groups (broad SMARTS) is 1. The van der Waals surface area contributed by atoms with E-state index in [4.69, 9.17) is 9.84 Å². The van der Waals surface area contributed by atoms with Crippen LogP contribution in [0.25, 0.3) is 0 Å². The highest BCUT2D eigenvalue weighted by atomic mass is 16.6. The molecule has 0 saturated heterocycles. The molecule has 0 radical (unpaired) electrons. The number of ether oxygens (including phenoxy) is 1. The Labute approximate surface area is 105 Å². The molecule has 1 heterocycles. The van der Waals surface area contributed by atoms with Crippen LogP contribution in [0.3, 0.4) is 0 Å². The molecule has 0 aliphatic carbocycles. The number of rotatable bonds is 3. The van der Waals surface area contributed by atoms with Gasteiger partial charge in [0.2, 0.25) is 0 Å². The fourth-order valence-electron chi connectivity index (χ4n) is 1.35. The average molecular weight is 254 g/mol. The molecule has 0 fully saturated rings. The van der Waals surface area contributed by atoms with E-state index in [1.807, 2.05) is 0 Å². The predicted octanol–water partition coefficient (Wildman–Crippen LogP) is 2.30. The fourth-order valence-corrected chi connectivity index (χ4v) is 1.35. The van der Waals surface area contributed by atoms with Crippen molar-refractivity contribution in [3.63, 3.8) is 0 Å². The van der Waals surface area contributed by atoms with Crippen LogP contribution in [0.1, 0.15) is 49.8 Å². The second-order valence-electron chi connectivity index (χ2n) is 5.02. The summed E-state index contributed by atoms with van der Waals surface area (Å²) in [4.78, 5) is 24.8. The third kappa shape index (κ3) is 4.12. The second-order valence-corrected chi connectivity index (χ2v) is 5.02. The van der Waals surface area contributed by atoms with Crippen LogP contribution in [-0.4, -0.2) is 27.8 Å². The lowest BCUT2D eigenvalue weighted by Crippen LogP contribution is -2.33. The van der Waals surface area contributed by atoms with E-state index in [0.717, 1.165) is 0 Å². The van der Waals surface area contributed by atoms with Crippen molar-refractivity contribution in [2.24, 2.45) is 0 Å². The van der Waals surface area contributed by atoms with Crippen molar-refractivity contribution in [1.29, 1.82) is 0 Å². The number of carbonyl (C=O) groups is 2. The summed E-state index contributed by atoms with van der Waals surface area (Å²) in [6, 6.07) is 1.15. The number of aromatic amines is 1. The molecule has 0 bridgehead atoms. The number of aromatic carboxylic acids is 1. The number of carboxylic acids is 1. The largest absolute Gasteiger partial charge is 0.477 e. The highest BCUT2D eigenvalue weighted by molar-refractivity contribution is 5.85. The molecule has 0 aromatic carbocycles. The molecule has 1 atom stereocenters. The van der Waals surface area contributed by atoms with Crippen LogP contribution in [0.15, 0.2) is 12.3 Å². The summed E-state index contributed by atoms with van der Waals surface area (Å²) in [6.07, 6.45) is 1.01. The van der Waals surface area contributed by atoms with E-state index in [2.05, 4.69) is 10.3 Å². The first kappa shape index (κ1) is 14.1. The molecule has 6 nitrogen and oxygen atoms in total. The first-order valence-corrected chi connectivity index (χ1v) is 5.60.